The van der Waals surface area contributed by atoms with Crippen molar-refractivity contribution in [1.29, 1.82) is 0 Å². The smallest absolute Gasteiger partial charge is 0.382 e. The number of anilines is 1. The van der Waals surface area contributed by atoms with Crippen molar-refractivity contribution in [2.24, 2.45) is 0 Å². The summed E-state index contributed by atoms with van der Waals surface area (Å²) in [5, 5.41) is 4.21. The number of alkyl halides is 3. The molecule has 0 saturated heterocycles. The predicted molar refractivity (Wildman–Crippen MR) is 83.2 cm³/mol. The summed E-state index contributed by atoms with van der Waals surface area (Å²) in [5.41, 5.74) is 5.78. The summed E-state index contributed by atoms with van der Waals surface area (Å²) in [7, 11) is 0. The number of hydrogen-bond acceptors (Lipinski definition) is 4. The van der Waals surface area contributed by atoms with E-state index < -0.39 is 11.9 Å². The van der Waals surface area contributed by atoms with Gasteiger partial charge in [-0.3, -0.25) is 9.67 Å². The summed E-state index contributed by atoms with van der Waals surface area (Å²) in [5.74, 6) is 0.104. The van der Waals surface area contributed by atoms with Crippen LogP contribution in [0.2, 0.25) is 5.02 Å². The molecule has 24 heavy (non-hydrogen) atoms. The molecule has 0 aromatic carbocycles. The molecule has 0 fully saturated rings. The van der Waals surface area contributed by atoms with Gasteiger partial charge < -0.3 is 5.73 Å². The molecule has 0 atom stereocenters. The standard InChI is InChI=1S/C15H11ClF3N5/c16-11-5-10(7-22-14(11)20)12-6-13(15(17,18)19)24(23-12)8-9-1-3-21-4-2-9/h1-7H,8H2,(H2,20,22). The molecule has 0 bridgehead atoms. The lowest BCUT2D eigenvalue weighted by Crippen LogP contribution is -2.15. The van der Waals surface area contributed by atoms with Gasteiger partial charge in [0.1, 0.15) is 11.5 Å². The topological polar surface area (TPSA) is 69.6 Å². The fourth-order valence-electron chi connectivity index (χ4n) is 2.16. The summed E-state index contributed by atoms with van der Waals surface area (Å²) >= 11 is 5.88. The van der Waals surface area contributed by atoms with Crippen LogP contribution in [0.4, 0.5) is 19.0 Å². The molecule has 0 aliphatic rings. The lowest BCUT2D eigenvalue weighted by Gasteiger charge is -2.09. The Morgan fingerprint density at radius 3 is 2.50 bits per heavy atom. The molecular weight excluding hydrogens is 343 g/mol. The van der Waals surface area contributed by atoms with Crippen LogP contribution in [0.1, 0.15) is 11.3 Å². The van der Waals surface area contributed by atoms with Crippen molar-refractivity contribution < 1.29 is 13.2 Å². The molecule has 3 aromatic rings. The molecule has 2 N–H and O–H groups in total. The monoisotopic (exact) mass is 353 g/mol. The Bertz CT molecular complexity index is 861. The van der Waals surface area contributed by atoms with Crippen LogP contribution in [-0.4, -0.2) is 19.7 Å². The second-order valence-electron chi connectivity index (χ2n) is 5.02. The number of nitrogens with two attached hydrogens (primary N) is 1. The molecule has 0 radical (unpaired) electrons. The zero-order chi connectivity index (χ0) is 17.3. The Morgan fingerprint density at radius 1 is 1.17 bits per heavy atom. The lowest BCUT2D eigenvalue weighted by atomic mass is 10.2. The van der Waals surface area contributed by atoms with Gasteiger partial charge in [0, 0.05) is 24.2 Å². The predicted octanol–water partition coefficient (Wildman–Crippen LogP) is 3.64. The summed E-state index contributed by atoms with van der Waals surface area (Å²) < 4.78 is 40.8. The Morgan fingerprint density at radius 2 is 1.88 bits per heavy atom. The molecule has 9 heteroatoms. The van der Waals surface area contributed by atoms with Gasteiger partial charge in [-0.05, 0) is 29.8 Å². The van der Waals surface area contributed by atoms with E-state index in [1.165, 1.54) is 24.7 Å². The second-order valence-corrected chi connectivity index (χ2v) is 5.42. The molecule has 0 saturated carbocycles. The van der Waals surface area contributed by atoms with E-state index in [1.54, 1.807) is 12.1 Å². The average molecular weight is 354 g/mol. The van der Waals surface area contributed by atoms with Crippen molar-refractivity contribution >= 4 is 17.4 Å². The number of pyridine rings is 2. The van der Waals surface area contributed by atoms with Gasteiger partial charge in [0.2, 0.25) is 0 Å². The summed E-state index contributed by atoms with van der Waals surface area (Å²) in [6.45, 7) is -0.0342. The highest BCUT2D eigenvalue weighted by Gasteiger charge is 2.36. The van der Waals surface area contributed by atoms with E-state index in [4.69, 9.17) is 17.3 Å². The largest absolute Gasteiger partial charge is 0.433 e. The second kappa shape index (κ2) is 6.12. The van der Waals surface area contributed by atoms with Crippen LogP contribution in [0.25, 0.3) is 11.3 Å². The molecule has 0 aliphatic carbocycles. The SMILES string of the molecule is Nc1ncc(-c2cc(C(F)(F)F)n(Cc3ccncc3)n2)cc1Cl. The number of nitrogens with zero attached hydrogens (tertiary/aromatic N) is 4. The van der Waals surface area contributed by atoms with Crippen LogP contribution in [-0.2, 0) is 12.7 Å². The summed E-state index contributed by atoms with van der Waals surface area (Å²) in [6, 6.07) is 5.65. The molecule has 0 amide bonds. The van der Waals surface area contributed by atoms with E-state index >= 15 is 0 Å². The summed E-state index contributed by atoms with van der Waals surface area (Å²) in [4.78, 5) is 7.69. The van der Waals surface area contributed by atoms with Crippen LogP contribution in [0.15, 0.2) is 42.9 Å². The van der Waals surface area contributed by atoms with Crippen molar-refractivity contribution in [3.8, 4) is 11.3 Å². The van der Waals surface area contributed by atoms with Gasteiger partial charge in [-0.1, -0.05) is 11.6 Å². The molecule has 0 aliphatic heterocycles. The fourth-order valence-corrected chi connectivity index (χ4v) is 2.32. The minimum Gasteiger partial charge on any atom is -0.382 e. The third-order valence-electron chi connectivity index (χ3n) is 3.32. The molecule has 3 aromatic heterocycles. The minimum absolute atomic E-state index is 0.0342. The number of hydrogen-bond donors (Lipinski definition) is 1. The fraction of sp³-hybridized carbons (Fsp3) is 0.133. The third-order valence-corrected chi connectivity index (χ3v) is 3.62. The Labute approximate surface area is 139 Å². The molecule has 3 heterocycles. The minimum atomic E-state index is -4.54. The first-order chi connectivity index (χ1) is 11.3. The Balaban J connectivity index is 2.04. The van der Waals surface area contributed by atoms with Gasteiger partial charge in [-0.15, -0.1) is 0 Å². The van der Waals surface area contributed by atoms with E-state index in [0.717, 1.165) is 10.7 Å². The van der Waals surface area contributed by atoms with Crippen LogP contribution >= 0.6 is 11.6 Å². The highest BCUT2D eigenvalue weighted by molar-refractivity contribution is 6.33. The maximum absolute atomic E-state index is 13.3. The maximum atomic E-state index is 13.3. The number of rotatable bonds is 3. The van der Waals surface area contributed by atoms with E-state index in [-0.39, 0.29) is 23.1 Å². The van der Waals surface area contributed by atoms with E-state index in [0.29, 0.717) is 11.1 Å². The van der Waals surface area contributed by atoms with E-state index in [2.05, 4.69) is 15.1 Å². The van der Waals surface area contributed by atoms with Crippen molar-refractivity contribution in [1.82, 2.24) is 19.7 Å². The van der Waals surface area contributed by atoms with E-state index in [1.807, 2.05) is 0 Å². The van der Waals surface area contributed by atoms with Crippen molar-refractivity contribution in [2.45, 2.75) is 12.7 Å². The van der Waals surface area contributed by atoms with Gasteiger partial charge in [0.15, 0.2) is 0 Å². The number of halogens is 4. The van der Waals surface area contributed by atoms with Gasteiger partial charge in [0.05, 0.1) is 17.3 Å². The normalized spacial score (nSPS) is 11.7. The van der Waals surface area contributed by atoms with Crippen LogP contribution < -0.4 is 5.73 Å². The first-order valence-corrected chi connectivity index (χ1v) is 7.18. The molecule has 124 valence electrons. The van der Waals surface area contributed by atoms with Gasteiger partial charge >= 0.3 is 6.18 Å². The highest BCUT2D eigenvalue weighted by Crippen LogP contribution is 2.33. The first kappa shape index (κ1) is 16.3. The highest BCUT2D eigenvalue weighted by atomic mass is 35.5. The van der Waals surface area contributed by atoms with Crippen LogP contribution in [0.3, 0.4) is 0 Å². The maximum Gasteiger partial charge on any atom is 0.433 e. The number of aromatic nitrogens is 4. The Hall–Kier alpha value is -2.61. The van der Waals surface area contributed by atoms with Crippen molar-refractivity contribution in [3.63, 3.8) is 0 Å². The number of nitrogen functional groups attached to an aromatic ring is 1. The zero-order valence-electron chi connectivity index (χ0n) is 12.1. The van der Waals surface area contributed by atoms with Gasteiger partial charge in [-0.25, -0.2) is 4.98 Å². The van der Waals surface area contributed by atoms with E-state index in [9.17, 15) is 13.2 Å². The summed E-state index contributed by atoms with van der Waals surface area (Å²) in [6.07, 6.45) is -0.183. The van der Waals surface area contributed by atoms with Crippen molar-refractivity contribution in [2.75, 3.05) is 5.73 Å². The molecular formula is C15H11ClF3N5. The van der Waals surface area contributed by atoms with Gasteiger partial charge in [0.25, 0.3) is 0 Å². The quantitative estimate of drug-likeness (QED) is 0.780. The van der Waals surface area contributed by atoms with Gasteiger partial charge in [-0.2, -0.15) is 18.3 Å². The Kier molecular flexibility index (Phi) is 4.15. The molecule has 5 nitrogen and oxygen atoms in total. The third kappa shape index (κ3) is 3.33. The van der Waals surface area contributed by atoms with Crippen LogP contribution in [0, 0.1) is 0 Å². The molecule has 3 rings (SSSR count). The van der Waals surface area contributed by atoms with Crippen LogP contribution in [0.5, 0.6) is 0 Å². The van der Waals surface area contributed by atoms with Crippen molar-refractivity contribution in [3.05, 3.63) is 59.1 Å². The molecule has 0 unspecified atom stereocenters. The lowest BCUT2D eigenvalue weighted by molar-refractivity contribution is -0.144. The first-order valence-electron chi connectivity index (χ1n) is 6.80. The average Bonchev–Trinajstić information content (AvgIpc) is 2.95. The molecule has 0 spiro atoms. The zero-order valence-corrected chi connectivity index (χ0v) is 12.9.